The molecule has 0 amide bonds. The van der Waals surface area contributed by atoms with Gasteiger partial charge in [0.05, 0.1) is 0 Å². The lowest BCUT2D eigenvalue weighted by atomic mass is 9.87. The molecule has 0 bridgehead atoms. The van der Waals surface area contributed by atoms with Gasteiger partial charge < -0.3 is 5.11 Å². The van der Waals surface area contributed by atoms with Gasteiger partial charge in [0.15, 0.2) is 0 Å². The number of hydrogen-bond acceptors (Lipinski definition) is 2. The first kappa shape index (κ1) is 13.9. The molecule has 0 aliphatic heterocycles. The summed E-state index contributed by atoms with van der Waals surface area (Å²) in [4.78, 5) is 11.1. The third-order valence-electron chi connectivity index (χ3n) is 3.56. The van der Waals surface area contributed by atoms with Crippen LogP contribution in [0, 0.1) is 11.8 Å². The smallest absolute Gasteiger partial charge is 0.316 e. The van der Waals surface area contributed by atoms with Crippen LogP contribution in [0.2, 0.25) is 0 Å². The number of rotatable bonds is 5. The number of hydrogen-bond donors (Lipinski definition) is 1. The highest BCUT2D eigenvalue weighted by Crippen LogP contribution is 2.36. The molecule has 0 spiro atoms. The Morgan fingerprint density at radius 3 is 2.25 bits per heavy atom. The molecule has 1 rings (SSSR count). The molecule has 0 heterocycles. The Morgan fingerprint density at radius 2 is 1.88 bits per heavy atom. The van der Waals surface area contributed by atoms with Crippen molar-refractivity contribution in [1.82, 2.24) is 0 Å². The van der Waals surface area contributed by atoms with E-state index < -0.39 is 5.97 Å². The summed E-state index contributed by atoms with van der Waals surface area (Å²) in [5, 5.41) is 9.51. The molecule has 0 aromatic carbocycles. The van der Waals surface area contributed by atoms with E-state index in [0.717, 1.165) is 5.92 Å². The molecule has 3 heteroatoms. The zero-order chi connectivity index (χ0) is 12.1. The first-order valence-electron chi connectivity index (χ1n) is 6.42. The summed E-state index contributed by atoms with van der Waals surface area (Å²) in [7, 11) is 0. The Bertz CT molecular complexity index is 220. The van der Waals surface area contributed by atoms with E-state index in [4.69, 9.17) is 5.11 Å². The van der Waals surface area contributed by atoms with E-state index in [-0.39, 0.29) is 11.2 Å². The predicted molar refractivity (Wildman–Crippen MR) is 69.9 cm³/mol. The number of aliphatic carboxylic acids is 1. The molecule has 0 aromatic heterocycles. The fourth-order valence-electron chi connectivity index (χ4n) is 2.38. The van der Waals surface area contributed by atoms with Crippen molar-refractivity contribution >= 4 is 17.7 Å². The van der Waals surface area contributed by atoms with Crippen molar-refractivity contribution in [3.8, 4) is 0 Å². The van der Waals surface area contributed by atoms with E-state index in [0.29, 0.717) is 5.25 Å². The Kier molecular flexibility index (Phi) is 5.67. The highest BCUT2D eigenvalue weighted by Gasteiger charge is 2.28. The minimum atomic E-state index is -0.641. The summed E-state index contributed by atoms with van der Waals surface area (Å²) in [5.41, 5.74) is 0. The molecule has 1 fully saturated rings. The average molecular weight is 244 g/mol. The molecular formula is C13H24O2S. The minimum Gasteiger partial charge on any atom is -0.480 e. The second-order valence-corrected chi connectivity index (χ2v) is 6.64. The van der Waals surface area contributed by atoms with Crippen LogP contribution in [0.1, 0.15) is 52.9 Å². The second-order valence-electron chi connectivity index (χ2n) is 5.19. The van der Waals surface area contributed by atoms with Crippen molar-refractivity contribution in [3.05, 3.63) is 0 Å². The van der Waals surface area contributed by atoms with Crippen molar-refractivity contribution in [2.75, 3.05) is 0 Å². The van der Waals surface area contributed by atoms with E-state index in [1.807, 2.05) is 13.8 Å². The molecule has 2 nitrogen and oxygen atoms in total. The molecule has 1 atom stereocenters. The maximum atomic E-state index is 11.1. The molecule has 1 aliphatic rings. The Balaban J connectivity index is 2.39. The van der Waals surface area contributed by atoms with Gasteiger partial charge in [0.1, 0.15) is 5.25 Å². The van der Waals surface area contributed by atoms with Crippen molar-refractivity contribution in [2.24, 2.45) is 11.8 Å². The maximum Gasteiger partial charge on any atom is 0.316 e. The van der Waals surface area contributed by atoms with E-state index in [9.17, 15) is 4.79 Å². The van der Waals surface area contributed by atoms with Crippen LogP contribution in [0.4, 0.5) is 0 Å². The van der Waals surface area contributed by atoms with Gasteiger partial charge in [-0.05, 0) is 37.5 Å². The third kappa shape index (κ3) is 4.00. The van der Waals surface area contributed by atoms with Crippen molar-refractivity contribution in [3.63, 3.8) is 0 Å². The van der Waals surface area contributed by atoms with Crippen molar-refractivity contribution < 1.29 is 9.90 Å². The van der Waals surface area contributed by atoms with E-state index in [1.54, 1.807) is 11.8 Å². The fraction of sp³-hybridized carbons (Fsp3) is 0.923. The van der Waals surface area contributed by atoms with E-state index >= 15 is 0 Å². The van der Waals surface area contributed by atoms with Gasteiger partial charge in [-0.1, -0.05) is 27.2 Å². The molecule has 0 saturated heterocycles. The molecule has 16 heavy (non-hydrogen) atoms. The summed E-state index contributed by atoms with van der Waals surface area (Å²) in [6.07, 6.45) is 6.28. The first-order valence-corrected chi connectivity index (χ1v) is 7.37. The second kappa shape index (κ2) is 6.53. The fourth-order valence-corrected chi connectivity index (χ4v) is 3.77. The number of thioether (sulfide) groups is 1. The summed E-state index contributed by atoms with van der Waals surface area (Å²) in [6.45, 7) is 6.26. The monoisotopic (exact) mass is 244 g/mol. The SMILES string of the molecule is CCC1CCC(SC(C(=O)O)C(C)C)CC1. The lowest BCUT2D eigenvalue weighted by molar-refractivity contribution is -0.137. The molecule has 1 saturated carbocycles. The van der Waals surface area contributed by atoms with E-state index in [1.165, 1.54) is 32.1 Å². The largest absolute Gasteiger partial charge is 0.480 e. The van der Waals surface area contributed by atoms with Crippen LogP contribution >= 0.6 is 11.8 Å². The number of carbonyl (C=O) groups is 1. The quantitative estimate of drug-likeness (QED) is 0.799. The lowest BCUT2D eigenvalue weighted by Crippen LogP contribution is -2.27. The minimum absolute atomic E-state index is 0.219. The maximum absolute atomic E-state index is 11.1. The Labute approximate surface area is 103 Å². The molecule has 1 N–H and O–H groups in total. The van der Waals surface area contributed by atoms with Gasteiger partial charge in [-0.2, -0.15) is 0 Å². The van der Waals surface area contributed by atoms with Crippen LogP contribution in [0.5, 0.6) is 0 Å². The Hall–Kier alpha value is -0.180. The van der Waals surface area contributed by atoms with E-state index in [2.05, 4.69) is 6.92 Å². The summed E-state index contributed by atoms with van der Waals surface area (Å²) >= 11 is 1.69. The van der Waals surface area contributed by atoms with Crippen LogP contribution in [-0.4, -0.2) is 21.6 Å². The summed E-state index contributed by atoms with van der Waals surface area (Å²) in [6, 6.07) is 0. The van der Waals surface area contributed by atoms with Crippen molar-refractivity contribution in [2.45, 2.75) is 63.4 Å². The van der Waals surface area contributed by atoms with Gasteiger partial charge in [0, 0.05) is 5.25 Å². The summed E-state index contributed by atoms with van der Waals surface area (Å²) < 4.78 is 0. The van der Waals surface area contributed by atoms with Crippen LogP contribution in [0.25, 0.3) is 0 Å². The van der Waals surface area contributed by atoms with Gasteiger partial charge in [0.25, 0.3) is 0 Å². The van der Waals surface area contributed by atoms with Gasteiger partial charge in [-0.15, -0.1) is 11.8 Å². The molecular weight excluding hydrogens is 220 g/mol. The van der Waals surface area contributed by atoms with Crippen LogP contribution in [-0.2, 0) is 4.79 Å². The van der Waals surface area contributed by atoms with Crippen molar-refractivity contribution in [1.29, 1.82) is 0 Å². The van der Waals surface area contributed by atoms with Gasteiger partial charge in [0.2, 0.25) is 0 Å². The standard InChI is InChI=1S/C13H24O2S/c1-4-10-5-7-11(8-6-10)16-12(9(2)3)13(14)15/h9-12H,4-8H2,1-3H3,(H,14,15). The number of carboxylic acid groups (broad SMARTS) is 1. The zero-order valence-corrected chi connectivity index (χ0v) is 11.4. The molecule has 1 aliphatic carbocycles. The highest BCUT2D eigenvalue weighted by atomic mass is 32.2. The normalized spacial score (nSPS) is 28.0. The zero-order valence-electron chi connectivity index (χ0n) is 10.6. The molecule has 1 unspecified atom stereocenters. The molecule has 0 radical (unpaired) electrons. The number of carboxylic acids is 1. The highest BCUT2D eigenvalue weighted by molar-refractivity contribution is 8.01. The summed E-state index contributed by atoms with van der Waals surface area (Å²) in [5.74, 6) is 0.475. The Morgan fingerprint density at radius 1 is 1.31 bits per heavy atom. The van der Waals surface area contributed by atoms with Gasteiger partial charge in [-0.25, -0.2) is 0 Å². The molecule has 0 aromatic rings. The average Bonchev–Trinajstić information content (AvgIpc) is 2.25. The first-order chi connectivity index (χ1) is 7.54. The third-order valence-corrected chi connectivity index (χ3v) is 5.45. The van der Waals surface area contributed by atoms with Crippen LogP contribution in [0.3, 0.4) is 0 Å². The van der Waals surface area contributed by atoms with Gasteiger partial charge >= 0.3 is 5.97 Å². The lowest BCUT2D eigenvalue weighted by Gasteiger charge is -2.30. The molecule has 94 valence electrons. The van der Waals surface area contributed by atoms with Gasteiger partial charge in [-0.3, -0.25) is 4.79 Å². The van der Waals surface area contributed by atoms with Crippen LogP contribution in [0.15, 0.2) is 0 Å². The predicted octanol–water partition coefficient (Wildman–Crippen LogP) is 3.80. The van der Waals surface area contributed by atoms with Crippen LogP contribution < -0.4 is 0 Å². The topological polar surface area (TPSA) is 37.3 Å².